The lowest BCUT2D eigenvalue weighted by molar-refractivity contribution is 0.376. The summed E-state index contributed by atoms with van der Waals surface area (Å²) in [5.74, 6) is -2.76. The highest BCUT2D eigenvalue weighted by atomic mass is 19.2. The molecule has 1 saturated heterocycles. The SMILES string of the molecule is C[C@H](NC1CCN(c2ccccn2)CC1)c1cc(F)c(F)c(F)c1. The molecular weight excluding hydrogens is 315 g/mol. The number of aromatic nitrogens is 1. The molecule has 2 aromatic rings. The number of halogens is 3. The molecule has 0 spiro atoms. The highest BCUT2D eigenvalue weighted by Crippen LogP contribution is 2.22. The van der Waals surface area contributed by atoms with Gasteiger partial charge < -0.3 is 10.2 Å². The Hall–Kier alpha value is -2.08. The maximum Gasteiger partial charge on any atom is 0.194 e. The first kappa shape index (κ1) is 16.8. The van der Waals surface area contributed by atoms with Crippen LogP contribution in [0, 0.1) is 17.5 Å². The first-order valence-corrected chi connectivity index (χ1v) is 8.11. The average molecular weight is 335 g/mol. The van der Waals surface area contributed by atoms with Crippen LogP contribution in [0.3, 0.4) is 0 Å². The average Bonchev–Trinajstić information content (AvgIpc) is 2.60. The predicted octanol–water partition coefficient (Wildman–Crippen LogP) is 3.82. The van der Waals surface area contributed by atoms with E-state index in [-0.39, 0.29) is 12.1 Å². The van der Waals surface area contributed by atoms with Gasteiger partial charge in [-0.3, -0.25) is 0 Å². The standard InChI is InChI=1S/C18H20F3N3/c1-12(13-10-15(19)18(21)16(20)11-13)23-14-5-8-24(9-6-14)17-4-2-3-7-22-17/h2-4,7,10-12,14,23H,5-6,8-9H2,1H3/t12-/m0/s1. The smallest absolute Gasteiger partial charge is 0.194 e. The molecule has 0 bridgehead atoms. The Labute approximate surface area is 139 Å². The van der Waals surface area contributed by atoms with Gasteiger partial charge in [-0.2, -0.15) is 0 Å². The van der Waals surface area contributed by atoms with Crippen molar-refractivity contribution >= 4 is 5.82 Å². The Kier molecular flexibility index (Phi) is 5.04. The lowest BCUT2D eigenvalue weighted by Crippen LogP contribution is -2.43. The van der Waals surface area contributed by atoms with Crippen molar-refractivity contribution < 1.29 is 13.2 Å². The van der Waals surface area contributed by atoms with Gasteiger partial charge in [0, 0.05) is 31.4 Å². The zero-order valence-electron chi connectivity index (χ0n) is 13.5. The summed E-state index contributed by atoms with van der Waals surface area (Å²) in [5, 5.41) is 3.38. The van der Waals surface area contributed by atoms with Crippen LogP contribution in [0.2, 0.25) is 0 Å². The number of piperidine rings is 1. The summed E-state index contributed by atoms with van der Waals surface area (Å²) in [5.41, 5.74) is 0.415. The summed E-state index contributed by atoms with van der Waals surface area (Å²) < 4.78 is 39.8. The topological polar surface area (TPSA) is 28.2 Å². The fourth-order valence-corrected chi connectivity index (χ4v) is 3.09. The predicted molar refractivity (Wildman–Crippen MR) is 87.3 cm³/mol. The van der Waals surface area contributed by atoms with Crippen LogP contribution < -0.4 is 10.2 Å². The van der Waals surface area contributed by atoms with E-state index in [1.807, 2.05) is 25.1 Å². The van der Waals surface area contributed by atoms with E-state index in [9.17, 15) is 13.2 Å². The van der Waals surface area contributed by atoms with E-state index in [0.29, 0.717) is 5.56 Å². The summed E-state index contributed by atoms with van der Waals surface area (Å²) in [7, 11) is 0. The van der Waals surface area contributed by atoms with Gasteiger partial charge in [0.25, 0.3) is 0 Å². The zero-order chi connectivity index (χ0) is 17.1. The molecule has 6 heteroatoms. The van der Waals surface area contributed by atoms with Crippen LogP contribution in [0.1, 0.15) is 31.4 Å². The third-order valence-electron chi connectivity index (χ3n) is 4.46. The molecule has 0 aliphatic carbocycles. The molecule has 0 amide bonds. The summed E-state index contributed by atoms with van der Waals surface area (Å²) >= 11 is 0. The minimum atomic E-state index is -1.42. The van der Waals surface area contributed by atoms with Crippen LogP contribution in [0.15, 0.2) is 36.5 Å². The Bertz CT molecular complexity index is 662. The van der Waals surface area contributed by atoms with Crippen molar-refractivity contribution in [1.29, 1.82) is 0 Å². The van der Waals surface area contributed by atoms with Crippen molar-refractivity contribution in [3.05, 3.63) is 59.5 Å². The molecule has 1 aliphatic heterocycles. The normalized spacial score (nSPS) is 17.1. The summed E-state index contributed by atoms with van der Waals surface area (Å²) in [6.45, 7) is 3.57. The molecule has 1 aromatic carbocycles. The van der Waals surface area contributed by atoms with Gasteiger partial charge in [0.1, 0.15) is 5.82 Å². The van der Waals surface area contributed by atoms with Gasteiger partial charge >= 0.3 is 0 Å². The molecular formula is C18H20F3N3. The maximum absolute atomic E-state index is 13.4. The van der Waals surface area contributed by atoms with Crippen molar-refractivity contribution in [2.45, 2.75) is 31.8 Å². The molecule has 3 nitrogen and oxygen atoms in total. The highest BCUT2D eigenvalue weighted by molar-refractivity contribution is 5.38. The van der Waals surface area contributed by atoms with E-state index in [0.717, 1.165) is 43.9 Å². The van der Waals surface area contributed by atoms with E-state index >= 15 is 0 Å². The number of nitrogens with zero attached hydrogens (tertiary/aromatic N) is 2. The largest absolute Gasteiger partial charge is 0.357 e. The van der Waals surface area contributed by atoms with Crippen molar-refractivity contribution in [1.82, 2.24) is 10.3 Å². The van der Waals surface area contributed by atoms with E-state index in [4.69, 9.17) is 0 Å². The monoisotopic (exact) mass is 335 g/mol. The number of pyridine rings is 1. The summed E-state index contributed by atoms with van der Waals surface area (Å²) in [6, 6.07) is 7.95. The molecule has 1 aliphatic rings. The lowest BCUT2D eigenvalue weighted by Gasteiger charge is -2.34. The lowest BCUT2D eigenvalue weighted by atomic mass is 10.0. The van der Waals surface area contributed by atoms with Crippen LogP contribution in [-0.2, 0) is 0 Å². The summed E-state index contributed by atoms with van der Waals surface area (Å²) in [6.07, 6.45) is 3.60. The van der Waals surface area contributed by atoms with E-state index in [1.165, 1.54) is 0 Å². The fourth-order valence-electron chi connectivity index (χ4n) is 3.09. The van der Waals surface area contributed by atoms with Crippen molar-refractivity contribution in [3.63, 3.8) is 0 Å². The molecule has 3 rings (SSSR count). The second-order valence-electron chi connectivity index (χ2n) is 6.14. The van der Waals surface area contributed by atoms with Crippen molar-refractivity contribution in [2.75, 3.05) is 18.0 Å². The molecule has 0 saturated carbocycles. The molecule has 1 N–H and O–H groups in total. The quantitative estimate of drug-likeness (QED) is 0.861. The molecule has 0 radical (unpaired) electrons. The Morgan fingerprint density at radius 2 is 1.79 bits per heavy atom. The third-order valence-corrected chi connectivity index (χ3v) is 4.46. The second kappa shape index (κ2) is 7.21. The molecule has 1 fully saturated rings. The minimum Gasteiger partial charge on any atom is -0.357 e. The van der Waals surface area contributed by atoms with Gasteiger partial charge in [0.05, 0.1) is 0 Å². The summed E-state index contributed by atoms with van der Waals surface area (Å²) in [4.78, 5) is 6.57. The zero-order valence-corrected chi connectivity index (χ0v) is 13.5. The second-order valence-corrected chi connectivity index (χ2v) is 6.14. The van der Waals surface area contributed by atoms with Crippen LogP contribution in [0.4, 0.5) is 19.0 Å². The van der Waals surface area contributed by atoms with Gasteiger partial charge in [-0.1, -0.05) is 6.07 Å². The van der Waals surface area contributed by atoms with Crippen molar-refractivity contribution in [3.8, 4) is 0 Å². The van der Waals surface area contributed by atoms with Crippen LogP contribution in [-0.4, -0.2) is 24.1 Å². The number of anilines is 1. The van der Waals surface area contributed by atoms with Crippen LogP contribution in [0.5, 0.6) is 0 Å². The first-order chi connectivity index (χ1) is 11.5. The van der Waals surface area contributed by atoms with E-state index in [2.05, 4.69) is 15.2 Å². The Morgan fingerprint density at radius 3 is 2.38 bits per heavy atom. The fraction of sp³-hybridized carbons (Fsp3) is 0.389. The number of rotatable bonds is 4. The van der Waals surface area contributed by atoms with E-state index in [1.54, 1.807) is 6.20 Å². The Balaban J connectivity index is 1.58. The van der Waals surface area contributed by atoms with E-state index < -0.39 is 17.5 Å². The van der Waals surface area contributed by atoms with Gasteiger partial charge in [-0.15, -0.1) is 0 Å². The van der Waals surface area contributed by atoms with Gasteiger partial charge in [0.2, 0.25) is 0 Å². The Morgan fingerprint density at radius 1 is 1.12 bits per heavy atom. The number of hydrogen-bond donors (Lipinski definition) is 1. The van der Waals surface area contributed by atoms with Gasteiger partial charge in [-0.05, 0) is 49.6 Å². The molecule has 24 heavy (non-hydrogen) atoms. The number of hydrogen-bond acceptors (Lipinski definition) is 3. The molecule has 0 unspecified atom stereocenters. The first-order valence-electron chi connectivity index (χ1n) is 8.11. The molecule has 1 atom stereocenters. The minimum absolute atomic E-state index is 0.246. The van der Waals surface area contributed by atoms with Crippen molar-refractivity contribution in [2.24, 2.45) is 0 Å². The molecule has 1 aromatic heterocycles. The van der Waals surface area contributed by atoms with Crippen LogP contribution in [0.25, 0.3) is 0 Å². The number of benzene rings is 1. The van der Waals surface area contributed by atoms with Gasteiger partial charge in [0.15, 0.2) is 17.5 Å². The number of nitrogens with one attached hydrogen (secondary N) is 1. The third kappa shape index (κ3) is 3.70. The molecule has 2 heterocycles. The molecule has 128 valence electrons. The maximum atomic E-state index is 13.4. The van der Waals surface area contributed by atoms with Crippen LogP contribution >= 0.6 is 0 Å². The van der Waals surface area contributed by atoms with Gasteiger partial charge in [-0.25, -0.2) is 18.2 Å². The highest BCUT2D eigenvalue weighted by Gasteiger charge is 2.22.